The lowest BCUT2D eigenvalue weighted by atomic mass is 9.85. The van der Waals surface area contributed by atoms with Crippen LogP contribution in [0, 0.1) is 5.92 Å². The van der Waals surface area contributed by atoms with Crippen molar-refractivity contribution in [3.63, 3.8) is 0 Å². The molecule has 3 atom stereocenters. The second kappa shape index (κ2) is 8.84. The molecule has 0 bridgehead atoms. The predicted molar refractivity (Wildman–Crippen MR) is 96.4 cm³/mol. The lowest BCUT2D eigenvalue weighted by Crippen LogP contribution is -2.51. The van der Waals surface area contributed by atoms with Gasteiger partial charge >= 0.3 is 12.0 Å². The van der Waals surface area contributed by atoms with Crippen molar-refractivity contribution < 1.29 is 19.1 Å². The third-order valence-electron chi connectivity index (χ3n) is 6.21. The van der Waals surface area contributed by atoms with Gasteiger partial charge in [0.1, 0.15) is 6.04 Å². The molecule has 1 aliphatic heterocycles. The normalized spacial score (nSPS) is 29.7. The Hall–Kier alpha value is -1.63. The summed E-state index contributed by atoms with van der Waals surface area (Å²) in [6, 6.07) is -0.398. The molecule has 3 fully saturated rings. The minimum atomic E-state index is -0.420. The molecule has 2 N–H and O–H groups in total. The molecule has 0 aromatic rings. The van der Waals surface area contributed by atoms with E-state index in [4.69, 9.17) is 4.74 Å². The van der Waals surface area contributed by atoms with Gasteiger partial charge in [0.05, 0.1) is 13.7 Å². The Bertz CT molecular complexity index is 533. The SMILES string of the molecule is COC(=O)[C@@H]1C[C@@H]2CCCC[C@@H]2N1CC(=O)NC(=O)NC1CCCCC1. The Balaban J connectivity index is 1.55. The summed E-state index contributed by atoms with van der Waals surface area (Å²) in [6.07, 6.45) is 10.5. The molecule has 1 heterocycles. The van der Waals surface area contributed by atoms with Crippen molar-refractivity contribution in [3.05, 3.63) is 0 Å². The van der Waals surface area contributed by atoms with Crippen LogP contribution in [-0.2, 0) is 14.3 Å². The molecular weight excluding hydrogens is 334 g/mol. The fourth-order valence-electron chi connectivity index (χ4n) is 4.95. The number of nitrogens with one attached hydrogen (secondary N) is 2. The number of carbonyl (C=O) groups is 3. The van der Waals surface area contributed by atoms with Crippen molar-refractivity contribution in [1.82, 2.24) is 15.5 Å². The Morgan fingerprint density at radius 1 is 1.00 bits per heavy atom. The van der Waals surface area contributed by atoms with Crippen LogP contribution >= 0.6 is 0 Å². The molecule has 2 saturated carbocycles. The van der Waals surface area contributed by atoms with Gasteiger partial charge in [0.25, 0.3) is 0 Å². The summed E-state index contributed by atoms with van der Waals surface area (Å²) in [5.74, 6) is -0.186. The van der Waals surface area contributed by atoms with Crippen LogP contribution in [0.4, 0.5) is 4.79 Å². The van der Waals surface area contributed by atoms with E-state index in [2.05, 4.69) is 10.6 Å². The molecule has 7 heteroatoms. The van der Waals surface area contributed by atoms with Crippen LogP contribution < -0.4 is 10.6 Å². The van der Waals surface area contributed by atoms with Crippen LogP contribution in [0.2, 0.25) is 0 Å². The predicted octanol–water partition coefficient (Wildman–Crippen LogP) is 1.95. The van der Waals surface area contributed by atoms with Gasteiger partial charge < -0.3 is 10.1 Å². The molecule has 3 amide bonds. The molecule has 0 aromatic heterocycles. The molecule has 0 unspecified atom stereocenters. The number of nitrogens with zero attached hydrogens (tertiary/aromatic N) is 1. The lowest BCUT2D eigenvalue weighted by molar-refractivity contribution is -0.146. The number of urea groups is 1. The summed E-state index contributed by atoms with van der Waals surface area (Å²) < 4.78 is 4.94. The number of methoxy groups -OCH3 is 1. The molecule has 0 spiro atoms. The number of likely N-dealkylation sites (tertiary alicyclic amines) is 1. The number of esters is 1. The fraction of sp³-hybridized carbons (Fsp3) is 0.842. The summed E-state index contributed by atoms with van der Waals surface area (Å²) in [5.41, 5.74) is 0. The molecular formula is C19H31N3O4. The van der Waals surface area contributed by atoms with Crippen LogP contribution in [0.5, 0.6) is 0 Å². The van der Waals surface area contributed by atoms with E-state index in [0.29, 0.717) is 5.92 Å². The van der Waals surface area contributed by atoms with Gasteiger partial charge in [-0.05, 0) is 38.0 Å². The maximum absolute atomic E-state index is 12.4. The number of ether oxygens (including phenoxy) is 1. The standard InChI is InChI=1S/C19H31N3O4/c1-26-18(24)16-11-13-7-5-6-10-15(13)22(16)12-17(23)21-19(25)20-14-8-3-2-4-9-14/h13-16H,2-12H2,1H3,(H2,20,21,23,25)/t13-,15-,16-/m0/s1. The van der Waals surface area contributed by atoms with E-state index in [0.717, 1.165) is 51.4 Å². The molecule has 3 rings (SSSR count). The molecule has 146 valence electrons. The van der Waals surface area contributed by atoms with Gasteiger partial charge in [0.2, 0.25) is 5.91 Å². The zero-order valence-electron chi connectivity index (χ0n) is 15.7. The van der Waals surface area contributed by atoms with Crippen molar-refractivity contribution in [2.24, 2.45) is 5.92 Å². The van der Waals surface area contributed by atoms with Crippen LogP contribution in [-0.4, -0.2) is 54.6 Å². The number of hydrogen-bond donors (Lipinski definition) is 2. The first kappa shape index (κ1) is 19.1. The molecule has 3 aliphatic rings. The summed E-state index contributed by atoms with van der Waals surface area (Å²) in [4.78, 5) is 38.6. The van der Waals surface area contributed by atoms with Crippen LogP contribution in [0.3, 0.4) is 0 Å². The monoisotopic (exact) mass is 365 g/mol. The van der Waals surface area contributed by atoms with Gasteiger partial charge in [-0.3, -0.25) is 19.8 Å². The number of hydrogen-bond acceptors (Lipinski definition) is 5. The lowest BCUT2D eigenvalue weighted by Gasteiger charge is -2.32. The number of rotatable bonds is 4. The molecule has 0 radical (unpaired) electrons. The summed E-state index contributed by atoms with van der Waals surface area (Å²) in [6.45, 7) is 0.0685. The Morgan fingerprint density at radius 2 is 1.69 bits per heavy atom. The topological polar surface area (TPSA) is 87.7 Å². The second-order valence-corrected chi connectivity index (χ2v) is 7.92. The van der Waals surface area contributed by atoms with Gasteiger partial charge in [-0.1, -0.05) is 32.1 Å². The van der Waals surface area contributed by atoms with Gasteiger partial charge in [-0.15, -0.1) is 0 Å². The minimum absolute atomic E-state index is 0.0685. The highest BCUT2D eigenvalue weighted by Gasteiger charge is 2.46. The first-order valence-corrected chi connectivity index (χ1v) is 10.0. The van der Waals surface area contributed by atoms with E-state index < -0.39 is 6.03 Å². The highest BCUT2D eigenvalue weighted by molar-refractivity contribution is 5.95. The Morgan fingerprint density at radius 3 is 2.42 bits per heavy atom. The number of imide groups is 1. The third kappa shape index (κ3) is 4.55. The van der Waals surface area contributed by atoms with Gasteiger partial charge in [-0.25, -0.2) is 4.79 Å². The second-order valence-electron chi connectivity index (χ2n) is 7.92. The zero-order valence-corrected chi connectivity index (χ0v) is 15.7. The van der Waals surface area contributed by atoms with Gasteiger partial charge in [0, 0.05) is 12.1 Å². The molecule has 0 aromatic carbocycles. The highest BCUT2D eigenvalue weighted by atomic mass is 16.5. The fourth-order valence-corrected chi connectivity index (χ4v) is 4.95. The summed E-state index contributed by atoms with van der Waals surface area (Å²) >= 11 is 0. The van der Waals surface area contributed by atoms with Crippen molar-refractivity contribution in [2.45, 2.75) is 82.3 Å². The summed E-state index contributed by atoms with van der Waals surface area (Å²) in [5, 5.41) is 5.34. The minimum Gasteiger partial charge on any atom is -0.468 e. The molecule has 1 saturated heterocycles. The van der Waals surface area contributed by atoms with E-state index in [9.17, 15) is 14.4 Å². The molecule has 2 aliphatic carbocycles. The van der Waals surface area contributed by atoms with Crippen LogP contribution in [0.15, 0.2) is 0 Å². The van der Waals surface area contributed by atoms with E-state index in [1.54, 1.807) is 0 Å². The quantitative estimate of drug-likeness (QED) is 0.744. The Kier molecular flexibility index (Phi) is 6.51. The third-order valence-corrected chi connectivity index (χ3v) is 6.21. The van der Waals surface area contributed by atoms with Gasteiger partial charge in [0.15, 0.2) is 0 Å². The van der Waals surface area contributed by atoms with Gasteiger partial charge in [-0.2, -0.15) is 0 Å². The van der Waals surface area contributed by atoms with Crippen molar-refractivity contribution >= 4 is 17.9 Å². The van der Waals surface area contributed by atoms with E-state index in [-0.39, 0.29) is 36.5 Å². The van der Waals surface area contributed by atoms with E-state index in [1.165, 1.54) is 20.0 Å². The van der Waals surface area contributed by atoms with E-state index in [1.807, 2.05) is 4.90 Å². The first-order valence-electron chi connectivity index (χ1n) is 10.0. The first-order chi connectivity index (χ1) is 12.6. The molecule has 7 nitrogen and oxygen atoms in total. The largest absolute Gasteiger partial charge is 0.468 e. The average Bonchev–Trinajstić information content (AvgIpc) is 3.00. The summed E-state index contributed by atoms with van der Waals surface area (Å²) in [7, 11) is 1.39. The van der Waals surface area contributed by atoms with Crippen molar-refractivity contribution in [2.75, 3.05) is 13.7 Å². The zero-order chi connectivity index (χ0) is 18.5. The van der Waals surface area contributed by atoms with Crippen LogP contribution in [0.1, 0.15) is 64.2 Å². The number of carbonyl (C=O) groups excluding carboxylic acids is 3. The van der Waals surface area contributed by atoms with Crippen molar-refractivity contribution in [3.8, 4) is 0 Å². The Labute approximate surface area is 155 Å². The maximum atomic E-state index is 12.4. The van der Waals surface area contributed by atoms with Crippen molar-refractivity contribution in [1.29, 1.82) is 0 Å². The number of fused-ring (bicyclic) bond motifs is 1. The molecule has 26 heavy (non-hydrogen) atoms. The van der Waals surface area contributed by atoms with E-state index >= 15 is 0 Å². The highest BCUT2D eigenvalue weighted by Crippen LogP contribution is 2.39. The number of amides is 3. The maximum Gasteiger partial charge on any atom is 0.323 e. The van der Waals surface area contributed by atoms with Crippen LogP contribution in [0.25, 0.3) is 0 Å². The smallest absolute Gasteiger partial charge is 0.323 e. The average molecular weight is 365 g/mol.